The van der Waals surface area contributed by atoms with E-state index in [9.17, 15) is 4.79 Å². The fourth-order valence-electron chi connectivity index (χ4n) is 2.70. The fourth-order valence-corrected chi connectivity index (χ4v) is 2.70. The first-order chi connectivity index (χ1) is 10.3. The maximum atomic E-state index is 11.8. The maximum Gasteiger partial charge on any atom is 0.441 e. The van der Waals surface area contributed by atoms with Crippen LogP contribution < -0.4 is 5.76 Å². The van der Waals surface area contributed by atoms with Gasteiger partial charge >= 0.3 is 5.76 Å². The summed E-state index contributed by atoms with van der Waals surface area (Å²) in [5, 5.41) is 3.81. The summed E-state index contributed by atoms with van der Waals surface area (Å²) >= 11 is 0. The van der Waals surface area contributed by atoms with Gasteiger partial charge in [0.1, 0.15) is 5.69 Å². The minimum absolute atomic E-state index is 0.436. The number of hydrogen-bond acceptors (Lipinski definition) is 6. The molecular formula is C14H19N5O2. The van der Waals surface area contributed by atoms with E-state index < -0.39 is 5.76 Å². The Kier molecular flexibility index (Phi) is 4.40. The topological polar surface area (TPSA) is 77.0 Å². The third-order valence-electron chi connectivity index (χ3n) is 3.78. The molecule has 112 valence electrons. The highest BCUT2D eigenvalue weighted by atomic mass is 16.5. The van der Waals surface area contributed by atoms with E-state index in [-0.39, 0.29) is 0 Å². The standard InChI is InChI=1S/C14H19N5O2/c20-14-19(10-4-9-18-7-2-1-3-8-18)13(17-21-14)12-11-15-5-6-16-12/h5-6,11H,1-4,7-10H2. The highest BCUT2D eigenvalue weighted by molar-refractivity contribution is 5.46. The van der Waals surface area contributed by atoms with Gasteiger partial charge in [0.15, 0.2) is 0 Å². The van der Waals surface area contributed by atoms with Gasteiger partial charge in [0, 0.05) is 18.9 Å². The average Bonchev–Trinajstić information content (AvgIpc) is 2.91. The van der Waals surface area contributed by atoms with Gasteiger partial charge in [-0.1, -0.05) is 11.6 Å². The molecule has 7 heteroatoms. The molecule has 0 amide bonds. The summed E-state index contributed by atoms with van der Waals surface area (Å²) in [5.74, 6) is 0.0149. The van der Waals surface area contributed by atoms with Crippen LogP contribution in [0.5, 0.6) is 0 Å². The van der Waals surface area contributed by atoms with Crippen molar-refractivity contribution in [3.63, 3.8) is 0 Å². The van der Waals surface area contributed by atoms with Crippen molar-refractivity contribution in [1.29, 1.82) is 0 Å². The zero-order valence-corrected chi connectivity index (χ0v) is 11.9. The van der Waals surface area contributed by atoms with Crippen LogP contribution in [0.1, 0.15) is 25.7 Å². The van der Waals surface area contributed by atoms with Crippen molar-refractivity contribution in [3.8, 4) is 11.5 Å². The SMILES string of the molecule is O=c1onc(-c2cnccn2)n1CCCN1CCCCC1. The Morgan fingerprint density at radius 2 is 2.00 bits per heavy atom. The van der Waals surface area contributed by atoms with E-state index in [1.54, 1.807) is 18.6 Å². The molecule has 1 aliphatic heterocycles. The van der Waals surface area contributed by atoms with E-state index in [0.717, 1.165) is 26.1 Å². The zero-order valence-electron chi connectivity index (χ0n) is 11.9. The Morgan fingerprint density at radius 3 is 2.76 bits per heavy atom. The predicted molar refractivity (Wildman–Crippen MR) is 76.7 cm³/mol. The normalized spacial score (nSPS) is 16.2. The number of rotatable bonds is 5. The molecule has 3 rings (SSSR count). The van der Waals surface area contributed by atoms with Crippen LogP contribution in [-0.4, -0.2) is 44.2 Å². The van der Waals surface area contributed by atoms with Crippen molar-refractivity contribution < 1.29 is 4.52 Å². The van der Waals surface area contributed by atoms with Crippen molar-refractivity contribution in [2.75, 3.05) is 19.6 Å². The molecule has 1 saturated heterocycles. The third-order valence-corrected chi connectivity index (χ3v) is 3.78. The predicted octanol–water partition coefficient (Wildman–Crippen LogP) is 1.17. The second-order valence-corrected chi connectivity index (χ2v) is 5.27. The summed E-state index contributed by atoms with van der Waals surface area (Å²) in [4.78, 5) is 22.4. The minimum atomic E-state index is -0.436. The number of likely N-dealkylation sites (tertiary alicyclic amines) is 1. The van der Waals surface area contributed by atoms with E-state index >= 15 is 0 Å². The van der Waals surface area contributed by atoms with Gasteiger partial charge in [0.25, 0.3) is 0 Å². The molecule has 1 fully saturated rings. The summed E-state index contributed by atoms with van der Waals surface area (Å²) in [6, 6.07) is 0. The van der Waals surface area contributed by atoms with Crippen LogP contribution in [0.2, 0.25) is 0 Å². The van der Waals surface area contributed by atoms with Gasteiger partial charge in [-0.05, 0) is 38.9 Å². The second kappa shape index (κ2) is 6.62. The van der Waals surface area contributed by atoms with E-state index in [1.807, 2.05) is 0 Å². The lowest BCUT2D eigenvalue weighted by molar-refractivity contribution is 0.222. The highest BCUT2D eigenvalue weighted by Crippen LogP contribution is 2.12. The quantitative estimate of drug-likeness (QED) is 0.822. The highest BCUT2D eigenvalue weighted by Gasteiger charge is 2.15. The van der Waals surface area contributed by atoms with Gasteiger partial charge in [-0.25, -0.2) is 9.78 Å². The van der Waals surface area contributed by atoms with Gasteiger partial charge in [0.05, 0.1) is 6.20 Å². The molecule has 0 saturated carbocycles. The van der Waals surface area contributed by atoms with Crippen LogP contribution in [0, 0.1) is 0 Å². The molecule has 0 aliphatic carbocycles. The van der Waals surface area contributed by atoms with Crippen LogP contribution in [0.25, 0.3) is 11.5 Å². The lowest BCUT2D eigenvalue weighted by atomic mass is 10.1. The van der Waals surface area contributed by atoms with Crippen LogP contribution in [-0.2, 0) is 6.54 Å². The molecule has 0 unspecified atom stereocenters. The zero-order chi connectivity index (χ0) is 14.5. The summed E-state index contributed by atoms with van der Waals surface area (Å²) in [7, 11) is 0. The second-order valence-electron chi connectivity index (χ2n) is 5.27. The first-order valence-electron chi connectivity index (χ1n) is 7.40. The van der Waals surface area contributed by atoms with Crippen LogP contribution in [0.15, 0.2) is 27.9 Å². The van der Waals surface area contributed by atoms with Crippen molar-refractivity contribution in [2.45, 2.75) is 32.2 Å². The van der Waals surface area contributed by atoms with Crippen LogP contribution in [0.3, 0.4) is 0 Å². The molecule has 3 heterocycles. The first-order valence-corrected chi connectivity index (χ1v) is 7.40. The summed E-state index contributed by atoms with van der Waals surface area (Å²) < 4.78 is 6.30. The van der Waals surface area contributed by atoms with Gasteiger partial charge in [-0.3, -0.25) is 14.1 Å². The van der Waals surface area contributed by atoms with Gasteiger partial charge in [0.2, 0.25) is 5.82 Å². The third kappa shape index (κ3) is 3.36. The largest absolute Gasteiger partial charge is 0.441 e. The van der Waals surface area contributed by atoms with Crippen molar-refractivity contribution in [1.82, 2.24) is 24.6 Å². The number of piperidine rings is 1. The first kappa shape index (κ1) is 13.9. The molecule has 21 heavy (non-hydrogen) atoms. The van der Waals surface area contributed by atoms with Crippen molar-refractivity contribution in [2.24, 2.45) is 0 Å². The maximum absolute atomic E-state index is 11.8. The molecule has 0 spiro atoms. The molecule has 0 radical (unpaired) electrons. The van der Waals surface area contributed by atoms with Crippen LogP contribution >= 0.6 is 0 Å². The molecule has 1 aliphatic rings. The van der Waals surface area contributed by atoms with Crippen LogP contribution in [0.4, 0.5) is 0 Å². The van der Waals surface area contributed by atoms with Gasteiger partial charge in [-0.15, -0.1) is 0 Å². The van der Waals surface area contributed by atoms with E-state index in [0.29, 0.717) is 18.1 Å². The fraction of sp³-hybridized carbons (Fsp3) is 0.571. The van der Waals surface area contributed by atoms with E-state index in [2.05, 4.69) is 20.0 Å². The number of aromatic nitrogens is 4. The van der Waals surface area contributed by atoms with Crippen molar-refractivity contribution in [3.05, 3.63) is 29.1 Å². The molecular weight excluding hydrogens is 270 g/mol. The molecule has 2 aromatic rings. The minimum Gasteiger partial charge on any atom is -0.303 e. The molecule has 0 aromatic carbocycles. The van der Waals surface area contributed by atoms with E-state index in [4.69, 9.17) is 4.52 Å². The number of hydrogen-bond donors (Lipinski definition) is 0. The van der Waals surface area contributed by atoms with E-state index in [1.165, 1.54) is 23.8 Å². The lowest BCUT2D eigenvalue weighted by Crippen LogP contribution is -2.31. The monoisotopic (exact) mass is 289 g/mol. The Balaban J connectivity index is 1.65. The Bertz CT molecular complexity index is 616. The summed E-state index contributed by atoms with van der Waals surface area (Å²) in [6.45, 7) is 3.91. The number of nitrogens with zero attached hydrogens (tertiary/aromatic N) is 5. The van der Waals surface area contributed by atoms with Gasteiger partial charge in [-0.2, -0.15) is 0 Å². The lowest BCUT2D eigenvalue weighted by Gasteiger charge is -2.26. The Labute approximate surface area is 122 Å². The Morgan fingerprint density at radius 1 is 1.14 bits per heavy atom. The summed E-state index contributed by atoms with van der Waals surface area (Å²) in [6.07, 6.45) is 9.52. The van der Waals surface area contributed by atoms with Gasteiger partial charge < -0.3 is 4.90 Å². The Hall–Kier alpha value is -2.02. The van der Waals surface area contributed by atoms with Crippen molar-refractivity contribution >= 4 is 0 Å². The molecule has 0 N–H and O–H groups in total. The smallest absolute Gasteiger partial charge is 0.303 e. The molecule has 7 nitrogen and oxygen atoms in total. The molecule has 2 aromatic heterocycles. The molecule has 0 bridgehead atoms. The summed E-state index contributed by atoms with van der Waals surface area (Å²) in [5.41, 5.74) is 0.557. The average molecular weight is 289 g/mol. The molecule has 0 atom stereocenters.